The number of ether oxygens (including phenoxy) is 2. The fourth-order valence-corrected chi connectivity index (χ4v) is 5.72. The van der Waals surface area contributed by atoms with E-state index in [1.54, 1.807) is 0 Å². The van der Waals surface area contributed by atoms with E-state index in [2.05, 4.69) is 15.5 Å². The Bertz CT molecular complexity index is 1120. The zero-order valence-corrected chi connectivity index (χ0v) is 20.4. The van der Waals surface area contributed by atoms with Crippen molar-refractivity contribution in [3.63, 3.8) is 0 Å². The van der Waals surface area contributed by atoms with Crippen LogP contribution in [0.1, 0.15) is 56.6 Å². The lowest BCUT2D eigenvalue weighted by atomic mass is 9.80. The lowest BCUT2D eigenvalue weighted by molar-refractivity contribution is -0.210. The molecule has 2 N–H and O–H groups in total. The molecule has 3 heterocycles. The zero-order valence-electron chi connectivity index (χ0n) is 20.4. The second-order valence-electron chi connectivity index (χ2n) is 10.1. The Balaban J connectivity index is 1.40. The minimum atomic E-state index is -1.18. The SMILES string of the molecule is CO[C@@H]1[C@@H](n2cc(-c3ccc(C)c(F)c3F)nn2)[C@@H](O)[C@@H](CO)O[C@@H]1CC1=NOC2(CCCCC2)C1. The number of benzene rings is 1. The topological polar surface area (TPSA) is 111 Å². The third-order valence-electron chi connectivity index (χ3n) is 7.70. The number of aryl methyl sites for hydroxylation is 1. The average molecular weight is 507 g/mol. The second-order valence-corrected chi connectivity index (χ2v) is 10.1. The van der Waals surface area contributed by atoms with Gasteiger partial charge in [-0.2, -0.15) is 0 Å². The highest BCUT2D eigenvalue weighted by atomic mass is 19.2. The van der Waals surface area contributed by atoms with Crippen LogP contribution >= 0.6 is 0 Å². The standard InChI is InChI=1S/C25H32F2N4O5/c1-14-6-7-16(21(27)20(14)26)17-12-31(30-28-17)22-23(33)19(13-32)35-18(24(22)34-2)10-15-11-25(36-29-15)8-4-3-5-9-25/h6-7,12,18-19,22-24,32-33H,3-5,8-11,13H2,1-2H3/t18-,19-,22+,23+,24+/m1/s1. The number of methoxy groups -OCH3 is 1. The van der Waals surface area contributed by atoms with E-state index < -0.39 is 48.7 Å². The second kappa shape index (κ2) is 10.1. The van der Waals surface area contributed by atoms with Gasteiger partial charge >= 0.3 is 0 Å². The fourth-order valence-electron chi connectivity index (χ4n) is 5.72. The smallest absolute Gasteiger partial charge is 0.168 e. The van der Waals surface area contributed by atoms with Crippen LogP contribution in [0.5, 0.6) is 0 Å². The molecule has 0 bridgehead atoms. The molecule has 2 aliphatic heterocycles. The van der Waals surface area contributed by atoms with Crippen molar-refractivity contribution in [1.29, 1.82) is 0 Å². The quantitative estimate of drug-likeness (QED) is 0.619. The Kier molecular flexibility index (Phi) is 7.08. The molecule has 2 aromatic rings. The van der Waals surface area contributed by atoms with Crippen molar-refractivity contribution in [3.8, 4) is 11.3 Å². The summed E-state index contributed by atoms with van der Waals surface area (Å²) in [5.41, 5.74) is 0.877. The summed E-state index contributed by atoms with van der Waals surface area (Å²) in [6.45, 7) is 1.06. The Morgan fingerprint density at radius 2 is 1.94 bits per heavy atom. The predicted octanol–water partition coefficient (Wildman–Crippen LogP) is 3.08. The third kappa shape index (κ3) is 4.53. The Hall–Kier alpha value is -2.47. The van der Waals surface area contributed by atoms with Gasteiger partial charge in [0.25, 0.3) is 0 Å². The van der Waals surface area contributed by atoms with Crippen molar-refractivity contribution in [2.45, 2.75) is 87.9 Å². The summed E-state index contributed by atoms with van der Waals surface area (Å²) in [4.78, 5) is 5.87. The van der Waals surface area contributed by atoms with Gasteiger partial charge < -0.3 is 24.5 Å². The van der Waals surface area contributed by atoms with E-state index in [-0.39, 0.29) is 22.4 Å². The summed E-state index contributed by atoms with van der Waals surface area (Å²) >= 11 is 0. The number of hydrogen-bond acceptors (Lipinski definition) is 8. The summed E-state index contributed by atoms with van der Waals surface area (Å²) < 4.78 is 41.9. The van der Waals surface area contributed by atoms with Crippen molar-refractivity contribution in [3.05, 3.63) is 35.5 Å². The Morgan fingerprint density at radius 1 is 1.17 bits per heavy atom. The first-order valence-electron chi connectivity index (χ1n) is 12.4. The molecule has 2 fully saturated rings. The average Bonchev–Trinajstić information content (AvgIpc) is 3.51. The van der Waals surface area contributed by atoms with Gasteiger partial charge in [0.05, 0.1) is 24.6 Å². The molecule has 196 valence electrons. The van der Waals surface area contributed by atoms with Crippen LogP contribution in [0.25, 0.3) is 11.3 Å². The van der Waals surface area contributed by atoms with Gasteiger partial charge in [0.15, 0.2) is 11.6 Å². The zero-order chi connectivity index (χ0) is 25.4. The fraction of sp³-hybridized carbons (Fsp3) is 0.640. The summed E-state index contributed by atoms with van der Waals surface area (Å²) in [5.74, 6) is -1.96. The number of rotatable bonds is 6. The van der Waals surface area contributed by atoms with Gasteiger partial charge in [0.2, 0.25) is 0 Å². The third-order valence-corrected chi connectivity index (χ3v) is 7.70. The first-order valence-corrected chi connectivity index (χ1v) is 12.4. The molecule has 1 spiro atoms. The van der Waals surface area contributed by atoms with Crippen molar-refractivity contribution < 1.29 is 33.3 Å². The molecule has 1 aromatic heterocycles. The van der Waals surface area contributed by atoms with Crippen molar-refractivity contribution >= 4 is 5.71 Å². The van der Waals surface area contributed by atoms with Gasteiger partial charge in [-0.05, 0) is 44.2 Å². The van der Waals surface area contributed by atoms with Crippen LogP contribution in [0.4, 0.5) is 8.78 Å². The van der Waals surface area contributed by atoms with E-state index in [0.717, 1.165) is 31.4 Å². The molecule has 0 unspecified atom stereocenters. The summed E-state index contributed by atoms with van der Waals surface area (Å²) in [7, 11) is 1.50. The van der Waals surface area contributed by atoms with Gasteiger partial charge in [0, 0.05) is 25.5 Å². The van der Waals surface area contributed by atoms with Crippen LogP contribution < -0.4 is 0 Å². The number of halogens is 2. The van der Waals surface area contributed by atoms with Gasteiger partial charge in [-0.3, -0.25) is 0 Å². The maximum atomic E-state index is 14.6. The molecule has 5 rings (SSSR count). The maximum Gasteiger partial charge on any atom is 0.168 e. The molecule has 9 nitrogen and oxygen atoms in total. The van der Waals surface area contributed by atoms with E-state index in [9.17, 15) is 19.0 Å². The van der Waals surface area contributed by atoms with Crippen LogP contribution in [-0.2, 0) is 14.3 Å². The normalized spacial score (nSPS) is 29.8. The lowest BCUT2D eigenvalue weighted by Gasteiger charge is -2.43. The van der Waals surface area contributed by atoms with E-state index in [0.29, 0.717) is 12.8 Å². The summed E-state index contributed by atoms with van der Waals surface area (Å²) in [5, 5.41) is 33.4. The van der Waals surface area contributed by atoms with Crippen molar-refractivity contribution in [2.75, 3.05) is 13.7 Å². The van der Waals surface area contributed by atoms with E-state index >= 15 is 0 Å². The highest BCUT2D eigenvalue weighted by Crippen LogP contribution is 2.41. The van der Waals surface area contributed by atoms with E-state index in [1.165, 1.54) is 43.5 Å². The van der Waals surface area contributed by atoms with Crippen LogP contribution in [-0.4, -0.2) is 74.7 Å². The highest BCUT2D eigenvalue weighted by molar-refractivity contribution is 5.86. The molecule has 1 saturated carbocycles. The Labute approximate surface area is 208 Å². The molecule has 1 aromatic carbocycles. The number of nitrogens with zero attached hydrogens (tertiary/aromatic N) is 4. The van der Waals surface area contributed by atoms with Crippen LogP contribution in [0.15, 0.2) is 23.5 Å². The van der Waals surface area contributed by atoms with E-state index in [4.69, 9.17) is 14.3 Å². The first kappa shape index (κ1) is 25.2. The van der Waals surface area contributed by atoms with Gasteiger partial charge in [0.1, 0.15) is 35.6 Å². The molecule has 0 amide bonds. The molecule has 11 heteroatoms. The number of aliphatic hydroxyl groups excluding tert-OH is 2. The van der Waals surface area contributed by atoms with Crippen molar-refractivity contribution in [1.82, 2.24) is 15.0 Å². The number of oxime groups is 1. The number of aliphatic hydroxyl groups is 2. The molecule has 1 aliphatic carbocycles. The van der Waals surface area contributed by atoms with Gasteiger partial charge in [-0.1, -0.05) is 22.9 Å². The van der Waals surface area contributed by atoms with Crippen LogP contribution in [0.2, 0.25) is 0 Å². The molecule has 1 saturated heterocycles. The highest BCUT2D eigenvalue weighted by Gasteiger charge is 2.49. The lowest BCUT2D eigenvalue weighted by Crippen LogP contribution is -2.57. The first-order chi connectivity index (χ1) is 17.4. The minimum Gasteiger partial charge on any atom is -0.394 e. The monoisotopic (exact) mass is 506 g/mol. The predicted molar refractivity (Wildman–Crippen MR) is 125 cm³/mol. The van der Waals surface area contributed by atoms with Gasteiger partial charge in [-0.25, -0.2) is 13.5 Å². The molecule has 0 radical (unpaired) electrons. The molecular weight excluding hydrogens is 474 g/mol. The largest absolute Gasteiger partial charge is 0.394 e. The number of hydrogen-bond donors (Lipinski definition) is 2. The van der Waals surface area contributed by atoms with Gasteiger partial charge in [-0.15, -0.1) is 5.10 Å². The molecule has 36 heavy (non-hydrogen) atoms. The molecular formula is C25H32F2N4O5. The van der Waals surface area contributed by atoms with Crippen LogP contribution in [0, 0.1) is 18.6 Å². The number of aromatic nitrogens is 3. The molecule has 5 atom stereocenters. The summed E-state index contributed by atoms with van der Waals surface area (Å²) in [6, 6.07) is 2.11. The minimum absolute atomic E-state index is 0.0367. The Morgan fingerprint density at radius 3 is 2.67 bits per heavy atom. The van der Waals surface area contributed by atoms with E-state index in [1.807, 2.05) is 0 Å². The van der Waals surface area contributed by atoms with Crippen molar-refractivity contribution in [2.24, 2.45) is 5.16 Å². The summed E-state index contributed by atoms with van der Waals surface area (Å²) in [6.07, 6.45) is 4.61. The van der Waals surface area contributed by atoms with Crippen LogP contribution in [0.3, 0.4) is 0 Å². The molecule has 3 aliphatic rings. The maximum absolute atomic E-state index is 14.6.